The monoisotopic (exact) mass is 243 g/mol. The Hall–Kier alpha value is -0.650. The quantitative estimate of drug-likeness (QED) is 0.710. The number of esters is 1. The summed E-state index contributed by atoms with van der Waals surface area (Å²) in [5.74, 6) is -0.137. The third-order valence-corrected chi connectivity index (χ3v) is 3.60. The number of methoxy groups -OCH3 is 1. The molecule has 5 nitrogen and oxygen atoms in total. The molecule has 2 fully saturated rings. The van der Waals surface area contributed by atoms with E-state index in [9.17, 15) is 4.79 Å². The van der Waals surface area contributed by atoms with Gasteiger partial charge in [0.2, 0.25) is 0 Å². The van der Waals surface area contributed by atoms with Gasteiger partial charge in [-0.05, 0) is 31.6 Å². The summed E-state index contributed by atoms with van der Waals surface area (Å²) < 4.78 is 15.8. The van der Waals surface area contributed by atoms with E-state index in [1.807, 2.05) is 0 Å². The molecular weight excluding hydrogens is 222 g/mol. The largest absolute Gasteiger partial charge is 0.468 e. The number of rotatable bonds is 5. The van der Waals surface area contributed by atoms with E-state index in [2.05, 4.69) is 0 Å². The summed E-state index contributed by atoms with van der Waals surface area (Å²) in [6.45, 7) is 1.71. The molecular formula is C12H21NO4. The summed E-state index contributed by atoms with van der Waals surface area (Å²) in [7, 11) is 1.38. The average molecular weight is 243 g/mol. The minimum absolute atomic E-state index is 0.162. The van der Waals surface area contributed by atoms with Crippen LogP contribution < -0.4 is 5.73 Å². The van der Waals surface area contributed by atoms with Crippen LogP contribution in [0.5, 0.6) is 0 Å². The van der Waals surface area contributed by atoms with Gasteiger partial charge in [0.05, 0.1) is 19.8 Å². The molecule has 1 heterocycles. The molecule has 0 aromatic rings. The maximum absolute atomic E-state index is 11.7. The smallest absolute Gasteiger partial charge is 0.328 e. The number of carbonyl (C=O) groups excluding carboxylic acids is 1. The Labute approximate surface area is 102 Å². The van der Waals surface area contributed by atoms with Gasteiger partial charge < -0.3 is 19.9 Å². The Balaban J connectivity index is 1.86. The van der Waals surface area contributed by atoms with E-state index in [0.717, 1.165) is 38.9 Å². The van der Waals surface area contributed by atoms with Crippen LogP contribution in [0.15, 0.2) is 0 Å². The first-order chi connectivity index (χ1) is 8.16. The lowest BCUT2D eigenvalue weighted by Gasteiger charge is -2.30. The van der Waals surface area contributed by atoms with Crippen molar-refractivity contribution < 1.29 is 19.0 Å². The third kappa shape index (κ3) is 2.97. The van der Waals surface area contributed by atoms with Crippen LogP contribution in [0.1, 0.15) is 25.7 Å². The van der Waals surface area contributed by atoms with Crippen LogP contribution >= 0.6 is 0 Å². The van der Waals surface area contributed by atoms with E-state index in [1.54, 1.807) is 0 Å². The number of nitrogens with two attached hydrogens (primary N) is 1. The topological polar surface area (TPSA) is 70.8 Å². The highest BCUT2D eigenvalue weighted by Gasteiger charge is 2.49. The van der Waals surface area contributed by atoms with Crippen molar-refractivity contribution in [1.29, 1.82) is 0 Å². The van der Waals surface area contributed by atoms with E-state index < -0.39 is 5.54 Å². The van der Waals surface area contributed by atoms with Crippen molar-refractivity contribution >= 4 is 5.97 Å². The average Bonchev–Trinajstić information content (AvgIpc) is 3.20. The van der Waals surface area contributed by atoms with Crippen molar-refractivity contribution in [3.63, 3.8) is 0 Å². The van der Waals surface area contributed by atoms with Gasteiger partial charge in [0.1, 0.15) is 5.54 Å². The summed E-state index contributed by atoms with van der Waals surface area (Å²) in [5.41, 5.74) is 5.19. The molecule has 0 aromatic carbocycles. The van der Waals surface area contributed by atoms with Gasteiger partial charge in [-0.3, -0.25) is 0 Å². The lowest BCUT2D eigenvalue weighted by Crippen LogP contribution is -2.55. The summed E-state index contributed by atoms with van der Waals surface area (Å²) in [6, 6.07) is 0. The first kappa shape index (κ1) is 12.8. The number of ether oxygens (including phenoxy) is 3. The third-order valence-electron chi connectivity index (χ3n) is 3.60. The maximum Gasteiger partial charge on any atom is 0.328 e. The van der Waals surface area contributed by atoms with Crippen LogP contribution in [0.4, 0.5) is 0 Å². The first-order valence-electron chi connectivity index (χ1n) is 6.23. The van der Waals surface area contributed by atoms with Gasteiger partial charge in [0.15, 0.2) is 0 Å². The molecule has 17 heavy (non-hydrogen) atoms. The van der Waals surface area contributed by atoms with Crippen molar-refractivity contribution in [1.82, 2.24) is 0 Å². The first-order valence-corrected chi connectivity index (χ1v) is 6.23. The van der Waals surface area contributed by atoms with E-state index in [4.69, 9.17) is 19.9 Å². The molecule has 2 rings (SSSR count). The molecule has 1 unspecified atom stereocenters. The molecule has 5 heteroatoms. The summed E-state index contributed by atoms with van der Waals surface area (Å²) >= 11 is 0. The fraction of sp³-hybridized carbons (Fsp3) is 0.917. The van der Waals surface area contributed by atoms with Gasteiger partial charge >= 0.3 is 5.97 Å². The number of carbonyl (C=O) groups is 1. The van der Waals surface area contributed by atoms with E-state index >= 15 is 0 Å². The van der Waals surface area contributed by atoms with Gasteiger partial charge in [0, 0.05) is 13.2 Å². The highest BCUT2D eigenvalue weighted by molar-refractivity contribution is 5.81. The van der Waals surface area contributed by atoms with E-state index in [-0.39, 0.29) is 24.6 Å². The summed E-state index contributed by atoms with van der Waals surface area (Å²) in [4.78, 5) is 11.7. The van der Waals surface area contributed by atoms with Crippen molar-refractivity contribution in [3.8, 4) is 0 Å². The second kappa shape index (κ2) is 5.33. The van der Waals surface area contributed by atoms with E-state index in [1.165, 1.54) is 7.11 Å². The predicted octanol–water partition coefficient (Wildman–Crippen LogP) is 0.463. The van der Waals surface area contributed by atoms with Crippen molar-refractivity contribution in [2.45, 2.75) is 37.3 Å². The van der Waals surface area contributed by atoms with Gasteiger partial charge in [-0.15, -0.1) is 0 Å². The Kier molecular flexibility index (Phi) is 4.01. The van der Waals surface area contributed by atoms with Crippen LogP contribution in [0.25, 0.3) is 0 Å². The fourth-order valence-corrected chi connectivity index (χ4v) is 2.23. The molecule has 98 valence electrons. The molecule has 1 saturated carbocycles. The van der Waals surface area contributed by atoms with Crippen LogP contribution in [0.2, 0.25) is 0 Å². The van der Waals surface area contributed by atoms with Crippen LogP contribution in [0.3, 0.4) is 0 Å². The molecule has 2 aliphatic rings. The highest BCUT2D eigenvalue weighted by Crippen LogP contribution is 2.39. The second-order valence-electron chi connectivity index (χ2n) is 4.93. The molecule has 2 N–H and O–H groups in total. The Morgan fingerprint density at radius 3 is 2.53 bits per heavy atom. The Bertz CT molecular complexity index is 274. The van der Waals surface area contributed by atoms with Crippen molar-refractivity contribution in [3.05, 3.63) is 0 Å². The molecule has 1 aliphatic carbocycles. The summed E-state index contributed by atoms with van der Waals surface area (Å²) in [6.07, 6.45) is 3.89. The lowest BCUT2D eigenvalue weighted by atomic mass is 9.95. The zero-order valence-electron chi connectivity index (χ0n) is 10.3. The lowest BCUT2D eigenvalue weighted by molar-refractivity contribution is -0.152. The molecule has 0 aromatic heterocycles. The van der Waals surface area contributed by atoms with Crippen LogP contribution in [0, 0.1) is 5.92 Å². The highest BCUT2D eigenvalue weighted by atomic mass is 16.5. The molecule has 0 spiro atoms. The molecule has 1 atom stereocenters. The zero-order chi connectivity index (χ0) is 12.3. The predicted molar refractivity (Wildman–Crippen MR) is 61.5 cm³/mol. The number of hydrogen-bond donors (Lipinski definition) is 1. The standard InChI is InChI=1S/C12H21NO4/c1-15-11(14)12(13,9-2-3-9)8-17-10-4-6-16-7-5-10/h9-10H,2-8,13H2,1H3. The molecule has 0 amide bonds. The van der Waals surface area contributed by atoms with Gasteiger partial charge in [-0.25, -0.2) is 4.79 Å². The summed E-state index contributed by atoms with van der Waals surface area (Å²) in [5, 5.41) is 0. The Morgan fingerprint density at radius 2 is 2.00 bits per heavy atom. The maximum atomic E-state index is 11.7. The molecule has 1 saturated heterocycles. The zero-order valence-corrected chi connectivity index (χ0v) is 10.3. The van der Waals surface area contributed by atoms with Gasteiger partial charge in [-0.1, -0.05) is 0 Å². The van der Waals surface area contributed by atoms with Crippen LogP contribution in [-0.2, 0) is 19.0 Å². The van der Waals surface area contributed by atoms with Crippen molar-refractivity contribution in [2.24, 2.45) is 11.7 Å². The molecule has 0 radical (unpaired) electrons. The van der Waals surface area contributed by atoms with Gasteiger partial charge in [0.25, 0.3) is 0 Å². The van der Waals surface area contributed by atoms with Crippen molar-refractivity contribution in [2.75, 3.05) is 26.9 Å². The SMILES string of the molecule is COC(=O)C(N)(COC1CCOCC1)C1CC1. The minimum Gasteiger partial charge on any atom is -0.468 e. The molecule has 0 bridgehead atoms. The van der Waals surface area contributed by atoms with E-state index in [0.29, 0.717) is 0 Å². The minimum atomic E-state index is -0.951. The van der Waals surface area contributed by atoms with Crippen LogP contribution in [-0.4, -0.2) is 44.5 Å². The molecule has 1 aliphatic heterocycles. The van der Waals surface area contributed by atoms with Gasteiger partial charge in [-0.2, -0.15) is 0 Å². The second-order valence-corrected chi connectivity index (χ2v) is 4.93. The number of hydrogen-bond acceptors (Lipinski definition) is 5. The Morgan fingerprint density at radius 1 is 1.35 bits per heavy atom. The fourth-order valence-electron chi connectivity index (χ4n) is 2.23. The normalized spacial score (nSPS) is 25.3.